The highest BCUT2D eigenvalue weighted by Crippen LogP contribution is 2.19. The minimum absolute atomic E-state index is 0.0722. The number of hydrazone groups is 1. The maximum Gasteiger partial charge on any atom is 0.269 e. The van der Waals surface area contributed by atoms with Crippen LogP contribution >= 0.6 is 12.8 Å². The topological polar surface area (TPSA) is 74.0 Å². The van der Waals surface area contributed by atoms with Crippen molar-refractivity contribution in [2.24, 2.45) is 5.10 Å². The fraction of sp³-hybridized carbons (Fsp3) is 0.0714. The molecule has 2 aromatic rings. The molecule has 1 heterocycles. The second-order valence-corrected chi connectivity index (χ2v) is 5.05. The van der Waals surface area contributed by atoms with Crippen molar-refractivity contribution in [1.29, 1.82) is 0 Å². The fourth-order valence-electron chi connectivity index (χ4n) is 2.13. The van der Waals surface area contributed by atoms with Gasteiger partial charge in [0.15, 0.2) is 5.84 Å². The molecule has 7 nitrogen and oxygen atoms in total. The van der Waals surface area contributed by atoms with E-state index in [9.17, 15) is 10.1 Å². The number of thiol groups is 1. The van der Waals surface area contributed by atoms with E-state index in [4.69, 9.17) is 0 Å². The number of nitro benzene ring substituents is 1. The third-order valence-electron chi connectivity index (χ3n) is 3.23. The Kier molecular flexibility index (Phi) is 3.94. The first-order valence-corrected chi connectivity index (χ1v) is 6.94. The number of hydrogen-bond acceptors (Lipinski definition) is 7. The third kappa shape index (κ3) is 2.87. The maximum absolute atomic E-state index is 10.7. The zero-order chi connectivity index (χ0) is 15.5. The van der Waals surface area contributed by atoms with Gasteiger partial charge in [-0.1, -0.05) is 47.0 Å². The molecule has 0 atom stereocenters. The monoisotopic (exact) mass is 315 g/mol. The van der Waals surface area contributed by atoms with Crippen LogP contribution in [0, 0.1) is 10.1 Å². The molecule has 0 spiro atoms. The lowest BCUT2D eigenvalue weighted by molar-refractivity contribution is -0.384. The summed E-state index contributed by atoms with van der Waals surface area (Å²) in [5, 5.41) is 16.8. The van der Waals surface area contributed by atoms with E-state index in [2.05, 4.69) is 23.5 Å². The molecule has 0 aromatic heterocycles. The second-order valence-electron chi connectivity index (χ2n) is 4.67. The summed E-state index contributed by atoms with van der Waals surface area (Å²) >= 11 is 4.31. The van der Waals surface area contributed by atoms with Crippen molar-refractivity contribution in [3.8, 4) is 0 Å². The minimum Gasteiger partial charge on any atom is -0.258 e. The van der Waals surface area contributed by atoms with E-state index in [1.807, 2.05) is 35.3 Å². The lowest BCUT2D eigenvalue weighted by Crippen LogP contribution is -2.38. The molecule has 0 unspecified atom stereocenters. The smallest absolute Gasteiger partial charge is 0.258 e. The Bertz CT molecular complexity index is 705. The zero-order valence-corrected chi connectivity index (χ0v) is 12.4. The van der Waals surface area contributed by atoms with Gasteiger partial charge in [0.1, 0.15) is 0 Å². The molecule has 0 fully saturated rings. The van der Waals surface area contributed by atoms with Crippen LogP contribution in [0.4, 0.5) is 5.69 Å². The van der Waals surface area contributed by atoms with Crippen molar-refractivity contribution in [3.05, 3.63) is 75.8 Å². The van der Waals surface area contributed by atoms with Gasteiger partial charge >= 0.3 is 0 Å². The Hall–Kier alpha value is -2.58. The summed E-state index contributed by atoms with van der Waals surface area (Å²) < 4.78 is 1.48. The molecule has 0 aliphatic carbocycles. The van der Waals surface area contributed by atoms with Gasteiger partial charge < -0.3 is 0 Å². The summed E-state index contributed by atoms with van der Waals surface area (Å²) in [6.45, 7) is 0.488. The van der Waals surface area contributed by atoms with E-state index < -0.39 is 4.92 Å². The van der Waals surface area contributed by atoms with Crippen molar-refractivity contribution in [1.82, 2.24) is 15.1 Å². The molecular formula is C14H13N5O2S. The normalized spacial score (nSPS) is 14.6. The summed E-state index contributed by atoms with van der Waals surface area (Å²) in [5.41, 5.74) is 4.71. The number of nitrogens with zero attached hydrogens (tertiary/aromatic N) is 4. The van der Waals surface area contributed by atoms with Crippen LogP contribution in [0.3, 0.4) is 0 Å². The van der Waals surface area contributed by atoms with Gasteiger partial charge in [0.25, 0.3) is 5.69 Å². The van der Waals surface area contributed by atoms with Crippen molar-refractivity contribution in [2.75, 3.05) is 0 Å². The Morgan fingerprint density at radius 1 is 1.14 bits per heavy atom. The number of non-ortho nitro benzene ring substituents is 1. The van der Waals surface area contributed by atoms with Gasteiger partial charge in [-0.3, -0.25) is 15.1 Å². The van der Waals surface area contributed by atoms with Gasteiger partial charge in [0.05, 0.1) is 11.5 Å². The first kappa shape index (κ1) is 14.4. The van der Waals surface area contributed by atoms with E-state index in [0.717, 1.165) is 17.0 Å². The number of hydrazine groups is 2. The van der Waals surface area contributed by atoms with Crippen LogP contribution in [0.1, 0.15) is 11.1 Å². The lowest BCUT2D eigenvalue weighted by Gasteiger charge is -2.24. The largest absolute Gasteiger partial charge is 0.269 e. The van der Waals surface area contributed by atoms with E-state index in [1.165, 1.54) is 16.7 Å². The molecule has 1 aliphatic rings. The first-order valence-electron chi connectivity index (χ1n) is 6.54. The highest BCUT2D eigenvalue weighted by atomic mass is 32.1. The molecule has 112 valence electrons. The summed E-state index contributed by atoms with van der Waals surface area (Å²) in [6, 6.07) is 16.1. The van der Waals surface area contributed by atoms with Crippen molar-refractivity contribution < 1.29 is 4.92 Å². The quantitative estimate of drug-likeness (QED) is 0.515. The molecule has 8 heteroatoms. The standard InChI is InChI=1S/C14H13N5O2S/c20-18(21)13-8-6-11(7-9-13)10-17-14(15-16-19(17)22)12-4-2-1-3-5-12/h1-9,16,22H,10H2. The molecular weight excluding hydrogens is 302 g/mol. The number of nitro groups is 1. The molecule has 0 amide bonds. The van der Waals surface area contributed by atoms with Gasteiger partial charge in [-0.15, -0.1) is 5.10 Å². The van der Waals surface area contributed by atoms with Crippen molar-refractivity contribution in [3.63, 3.8) is 0 Å². The highest BCUT2D eigenvalue weighted by Gasteiger charge is 2.24. The zero-order valence-electron chi connectivity index (χ0n) is 11.5. The lowest BCUT2D eigenvalue weighted by atomic mass is 10.1. The van der Waals surface area contributed by atoms with Crippen molar-refractivity contribution in [2.45, 2.75) is 6.54 Å². The van der Waals surface area contributed by atoms with Crippen LogP contribution in [-0.4, -0.2) is 20.3 Å². The van der Waals surface area contributed by atoms with Gasteiger partial charge in [0, 0.05) is 17.7 Å². The SMILES string of the molecule is O=[N+]([O-])c1ccc(CN2C(c3ccccc3)=NNN2S)cc1. The van der Waals surface area contributed by atoms with E-state index in [0.29, 0.717) is 6.54 Å². The highest BCUT2D eigenvalue weighted by molar-refractivity contribution is 7.77. The average Bonchev–Trinajstić information content (AvgIpc) is 2.90. The summed E-state index contributed by atoms with van der Waals surface area (Å²) in [6.07, 6.45) is 0. The molecule has 0 saturated carbocycles. The van der Waals surface area contributed by atoms with E-state index in [-0.39, 0.29) is 5.69 Å². The first-order chi connectivity index (χ1) is 10.6. The Morgan fingerprint density at radius 3 is 2.45 bits per heavy atom. The van der Waals surface area contributed by atoms with Crippen LogP contribution in [0.5, 0.6) is 0 Å². The summed E-state index contributed by atoms with van der Waals surface area (Å²) in [5.74, 6) is 0.731. The predicted octanol–water partition coefficient (Wildman–Crippen LogP) is 2.34. The van der Waals surface area contributed by atoms with Crippen LogP contribution < -0.4 is 5.53 Å². The minimum atomic E-state index is -0.414. The Balaban J connectivity index is 1.81. The summed E-state index contributed by atoms with van der Waals surface area (Å²) in [7, 11) is 0. The number of rotatable bonds is 4. The molecule has 1 N–H and O–H groups in total. The van der Waals surface area contributed by atoms with Crippen molar-refractivity contribution >= 4 is 24.3 Å². The van der Waals surface area contributed by atoms with Gasteiger partial charge in [-0.25, -0.2) is 5.53 Å². The van der Waals surface area contributed by atoms with Crippen LogP contribution in [0.15, 0.2) is 59.7 Å². The Morgan fingerprint density at radius 2 is 1.82 bits per heavy atom. The third-order valence-corrected chi connectivity index (χ3v) is 3.54. The van der Waals surface area contributed by atoms with Gasteiger partial charge in [-0.2, -0.15) is 0 Å². The van der Waals surface area contributed by atoms with Crippen LogP contribution in [-0.2, 0) is 6.54 Å². The maximum atomic E-state index is 10.7. The molecule has 22 heavy (non-hydrogen) atoms. The van der Waals surface area contributed by atoms with Crippen LogP contribution in [0.2, 0.25) is 0 Å². The van der Waals surface area contributed by atoms with E-state index in [1.54, 1.807) is 12.1 Å². The average molecular weight is 315 g/mol. The molecule has 0 bridgehead atoms. The van der Waals surface area contributed by atoms with Gasteiger partial charge in [-0.05, 0) is 18.4 Å². The number of hydrogen-bond donors (Lipinski definition) is 2. The molecule has 0 saturated heterocycles. The fourth-order valence-corrected chi connectivity index (χ4v) is 2.32. The molecule has 0 radical (unpaired) electrons. The number of nitrogens with one attached hydrogen (secondary N) is 1. The van der Waals surface area contributed by atoms with Crippen LogP contribution in [0.25, 0.3) is 0 Å². The van der Waals surface area contributed by atoms with E-state index >= 15 is 0 Å². The predicted molar refractivity (Wildman–Crippen MR) is 85.6 cm³/mol. The molecule has 3 rings (SSSR count). The second kappa shape index (κ2) is 6.04. The number of amidine groups is 1. The number of benzene rings is 2. The summed E-state index contributed by atoms with van der Waals surface area (Å²) in [4.78, 5) is 10.3. The van der Waals surface area contributed by atoms with Gasteiger partial charge in [0.2, 0.25) is 0 Å². The molecule has 2 aromatic carbocycles. The Labute approximate surface area is 132 Å². The molecule has 1 aliphatic heterocycles.